The lowest BCUT2D eigenvalue weighted by molar-refractivity contribution is -0.145. The molecule has 0 amide bonds. The highest BCUT2D eigenvalue weighted by Gasteiger charge is 2.31. The number of fused-ring (bicyclic) bond motifs is 1. The Kier molecular flexibility index (Phi) is 3.17. The van der Waals surface area contributed by atoms with Crippen LogP contribution in [0, 0.1) is 0 Å². The zero-order valence-corrected chi connectivity index (χ0v) is 11.2. The van der Waals surface area contributed by atoms with Crippen molar-refractivity contribution in [2.24, 2.45) is 7.05 Å². The predicted molar refractivity (Wildman–Crippen MR) is 71.8 cm³/mol. The monoisotopic (exact) mass is 288 g/mol. The van der Waals surface area contributed by atoms with Gasteiger partial charge in [-0.3, -0.25) is 4.79 Å². The van der Waals surface area contributed by atoms with E-state index in [0.717, 1.165) is 4.68 Å². The van der Waals surface area contributed by atoms with E-state index in [2.05, 4.69) is 5.10 Å². The van der Waals surface area contributed by atoms with E-state index >= 15 is 0 Å². The van der Waals surface area contributed by atoms with E-state index < -0.39 is 18.0 Å². The highest BCUT2D eigenvalue weighted by Crippen LogP contribution is 2.17. The highest BCUT2D eigenvalue weighted by atomic mass is 16.6. The van der Waals surface area contributed by atoms with Crippen LogP contribution in [0.15, 0.2) is 29.1 Å². The summed E-state index contributed by atoms with van der Waals surface area (Å²) < 4.78 is 10.9. The minimum Gasteiger partial charge on any atom is -0.463 e. The number of aromatic nitrogens is 2. The fraction of sp³-hybridized carbons (Fsp3) is 0.286. The predicted octanol–water partition coefficient (Wildman–Crippen LogP) is 0.406. The number of benzene rings is 1. The fourth-order valence-corrected chi connectivity index (χ4v) is 2.22. The van der Waals surface area contributed by atoms with Crippen molar-refractivity contribution in [1.29, 1.82) is 0 Å². The van der Waals surface area contributed by atoms with Gasteiger partial charge in [0, 0.05) is 18.9 Å². The number of rotatable bonds is 2. The Balaban J connectivity index is 2.04. The van der Waals surface area contributed by atoms with Gasteiger partial charge in [0.25, 0.3) is 5.56 Å². The minimum atomic E-state index is -0.907. The Bertz CT molecular complexity index is 796. The van der Waals surface area contributed by atoms with Gasteiger partial charge in [0.1, 0.15) is 0 Å². The summed E-state index contributed by atoms with van der Waals surface area (Å²) in [5.74, 6) is -1.30. The number of hydrogen-bond donors (Lipinski definition) is 0. The molecule has 0 unspecified atom stereocenters. The van der Waals surface area contributed by atoms with Gasteiger partial charge < -0.3 is 9.47 Å². The van der Waals surface area contributed by atoms with Crippen LogP contribution in [0.1, 0.15) is 16.9 Å². The van der Waals surface area contributed by atoms with Crippen molar-refractivity contribution in [3.8, 4) is 0 Å². The maximum Gasteiger partial charge on any atom is 0.360 e. The maximum absolute atomic E-state index is 12.2. The van der Waals surface area contributed by atoms with Crippen LogP contribution in [0.25, 0.3) is 10.8 Å². The van der Waals surface area contributed by atoms with Gasteiger partial charge in [-0.2, -0.15) is 5.10 Å². The van der Waals surface area contributed by atoms with Crippen molar-refractivity contribution < 1.29 is 19.1 Å². The molecule has 2 heterocycles. The number of nitrogens with zero attached hydrogens (tertiary/aromatic N) is 2. The lowest BCUT2D eigenvalue weighted by Crippen LogP contribution is -2.27. The third-order valence-corrected chi connectivity index (χ3v) is 3.29. The second kappa shape index (κ2) is 5.01. The van der Waals surface area contributed by atoms with E-state index in [1.807, 2.05) is 0 Å². The first-order valence-corrected chi connectivity index (χ1v) is 6.41. The summed E-state index contributed by atoms with van der Waals surface area (Å²) in [6.45, 7) is 0.234. The molecule has 7 nitrogen and oxygen atoms in total. The van der Waals surface area contributed by atoms with Gasteiger partial charge in [-0.25, -0.2) is 14.3 Å². The van der Waals surface area contributed by atoms with Crippen molar-refractivity contribution in [2.45, 2.75) is 12.5 Å². The van der Waals surface area contributed by atoms with E-state index in [0.29, 0.717) is 17.2 Å². The third kappa shape index (κ3) is 2.26. The van der Waals surface area contributed by atoms with Crippen LogP contribution in [0.5, 0.6) is 0 Å². The summed E-state index contributed by atoms with van der Waals surface area (Å²) in [4.78, 5) is 35.5. The van der Waals surface area contributed by atoms with E-state index in [4.69, 9.17) is 9.47 Å². The van der Waals surface area contributed by atoms with Crippen molar-refractivity contribution >= 4 is 22.7 Å². The van der Waals surface area contributed by atoms with E-state index in [1.54, 1.807) is 24.3 Å². The lowest BCUT2D eigenvalue weighted by atomic mass is 10.1. The summed E-state index contributed by atoms with van der Waals surface area (Å²) in [5.41, 5.74) is -0.296. The normalized spacial score (nSPS) is 17.8. The van der Waals surface area contributed by atoms with E-state index in [9.17, 15) is 14.4 Å². The molecule has 1 aliphatic rings. The zero-order valence-electron chi connectivity index (χ0n) is 11.2. The molecule has 2 aromatic rings. The molecule has 1 saturated heterocycles. The first kappa shape index (κ1) is 13.3. The zero-order chi connectivity index (χ0) is 15.0. The van der Waals surface area contributed by atoms with Gasteiger partial charge in [0.05, 0.1) is 12.0 Å². The molecule has 1 fully saturated rings. The van der Waals surface area contributed by atoms with Gasteiger partial charge in [-0.15, -0.1) is 0 Å². The molecule has 7 heteroatoms. The van der Waals surface area contributed by atoms with Crippen LogP contribution in [0.3, 0.4) is 0 Å². The molecule has 1 aliphatic heterocycles. The molecule has 0 aliphatic carbocycles. The number of ether oxygens (including phenoxy) is 2. The Morgan fingerprint density at radius 1 is 1.33 bits per heavy atom. The van der Waals surface area contributed by atoms with Crippen molar-refractivity contribution in [3.05, 3.63) is 40.3 Å². The summed E-state index contributed by atoms with van der Waals surface area (Å²) in [5, 5.41) is 4.72. The summed E-state index contributed by atoms with van der Waals surface area (Å²) >= 11 is 0. The Hall–Kier alpha value is -2.70. The topological polar surface area (TPSA) is 87.5 Å². The van der Waals surface area contributed by atoms with Crippen LogP contribution in [-0.2, 0) is 21.3 Å². The Labute approximate surface area is 119 Å². The third-order valence-electron chi connectivity index (χ3n) is 3.29. The average Bonchev–Trinajstić information content (AvgIpc) is 2.88. The largest absolute Gasteiger partial charge is 0.463 e. The second-order valence-corrected chi connectivity index (χ2v) is 4.67. The standard InChI is InChI=1S/C14H12N2O5/c1-16-12(17)9-5-3-2-4-8(9)11(15-16)14(19)21-10-6-7-20-13(10)18/h2-5,10H,6-7H2,1H3/t10-/m0/s1. The van der Waals surface area contributed by atoms with E-state index in [-0.39, 0.29) is 17.9 Å². The Morgan fingerprint density at radius 2 is 2.05 bits per heavy atom. The molecule has 0 spiro atoms. The molecule has 0 saturated carbocycles. The molecule has 0 N–H and O–H groups in total. The molecule has 3 rings (SSSR count). The lowest BCUT2D eigenvalue weighted by Gasteiger charge is -2.10. The summed E-state index contributed by atoms with van der Waals surface area (Å²) in [7, 11) is 1.45. The number of esters is 2. The number of carbonyl (C=O) groups excluding carboxylic acids is 2. The summed E-state index contributed by atoms with van der Waals surface area (Å²) in [6, 6.07) is 6.63. The quantitative estimate of drug-likeness (QED) is 0.744. The van der Waals surface area contributed by atoms with Crippen LogP contribution in [0.4, 0.5) is 0 Å². The molecule has 0 radical (unpaired) electrons. The average molecular weight is 288 g/mol. The number of hydrogen-bond acceptors (Lipinski definition) is 6. The van der Waals surface area contributed by atoms with Crippen molar-refractivity contribution in [3.63, 3.8) is 0 Å². The minimum absolute atomic E-state index is 0.00685. The van der Waals surface area contributed by atoms with Crippen LogP contribution >= 0.6 is 0 Å². The molecule has 1 aromatic carbocycles. The van der Waals surface area contributed by atoms with Crippen LogP contribution in [0.2, 0.25) is 0 Å². The maximum atomic E-state index is 12.2. The smallest absolute Gasteiger partial charge is 0.360 e. The first-order valence-electron chi connectivity index (χ1n) is 6.41. The molecular weight excluding hydrogens is 276 g/mol. The highest BCUT2D eigenvalue weighted by molar-refractivity contribution is 6.02. The second-order valence-electron chi connectivity index (χ2n) is 4.67. The van der Waals surface area contributed by atoms with Gasteiger partial charge >= 0.3 is 11.9 Å². The summed E-state index contributed by atoms with van der Waals surface area (Å²) in [6.07, 6.45) is -0.579. The molecule has 1 aromatic heterocycles. The van der Waals surface area contributed by atoms with Crippen molar-refractivity contribution in [1.82, 2.24) is 9.78 Å². The molecule has 21 heavy (non-hydrogen) atoms. The number of carbonyl (C=O) groups is 2. The Morgan fingerprint density at radius 3 is 2.71 bits per heavy atom. The molecular formula is C14H12N2O5. The number of cyclic esters (lactones) is 1. The SMILES string of the molecule is Cn1nc(C(=O)O[C@H]2CCOC2=O)c2ccccc2c1=O. The van der Waals surface area contributed by atoms with Gasteiger partial charge in [0.2, 0.25) is 6.10 Å². The van der Waals surface area contributed by atoms with Gasteiger partial charge in [-0.1, -0.05) is 18.2 Å². The van der Waals surface area contributed by atoms with Crippen LogP contribution < -0.4 is 5.56 Å². The van der Waals surface area contributed by atoms with E-state index in [1.165, 1.54) is 7.05 Å². The fourth-order valence-electron chi connectivity index (χ4n) is 2.22. The van der Waals surface area contributed by atoms with Crippen molar-refractivity contribution in [2.75, 3.05) is 6.61 Å². The number of aryl methyl sites for hydroxylation is 1. The molecule has 1 atom stereocenters. The van der Waals surface area contributed by atoms with Gasteiger partial charge in [0.15, 0.2) is 5.69 Å². The van der Waals surface area contributed by atoms with Gasteiger partial charge in [-0.05, 0) is 6.07 Å². The first-order chi connectivity index (χ1) is 10.1. The van der Waals surface area contributed by atoms with Crippen LogP contribution in [-0.4, -0.2) is 34.4 Å². The molecule has 0 bridgehead atoms. The molecule has 108 valence electrons.